The van der Waals surface area contributed by atoms with Crippen molar-refractivity contribution in [3.8, 4) is 23.3 Å². The number of methoxy groups -OCH3 is 2. The molecule has 2 aliphatic rings. The molecule has 0 N–H and O–H groups in total. The van der Waals surface area contributed by atoms with Crippen molar-refractivity contribution in [3.05, 3.63) is 71.8 Å². The van der Waals surface area contributed by atoms with E-state index in [0.717, 1.165) is 23.5 Å². The van der Waals surface area contributed by atoms with E-state index in [0.29, 0.717) is 11.8 Å². The van der Waals surface area contributed by atoms with Crippen LogP contribution in [0.5, 0.6) is 11.5 Å². The maximum absolute atomic E-state index is 5.29. The lowest BCUT2D eigenvalue weighted by molar-refractivity contribution is 0.414. The van der Waals surface area contributed by atoms with E-state index in [1.54, 1.807) is 14.2 Å². The summed E-state index contributed by atoms with van der Waals surface area (Å²) in [6.45, 7) is 0. The Morgan fingerprint density at radius 3 is 2.08 bits per heavy atom. The number of fused-ring (bicyclic) bond motifs is 1. The van der Waals surface area contributed by atoms with Crippen molar-refractivity contribution in [1.82, 2.24) is 0 Å². The Kier molecular flexibility index (Phi) is 3.58. The van der Waals surface area contributed by atoms with Gasteiger partial charge in [-0.25, -0.2) is 0 Å². The molecule has 0 aromatic heterocycles. The van der Waals surface area contributed by atoms with Crippen molar-refractivity contribution < 1.29 is 9.47 Å². The first-order valence-electron chi connectivity index (χ1n) is 8.26. The Morgan fingerprint density at radius 2 is 1.54 bits per heavy atom. The molecule has 0 aliphatic heterocycles. The fourth-order valence-corrected chi connectivity index (χ4v) is 3.85. The van der Waals surface area contributed by atoms with Gasteiger partial charge in [-0.1, -0.05) is 36.1 Å². The summed E-state index contributed by atoms with van der Waals surface area (Å²) in [4.78, 5) is 0. The van der Waals surface area contributed by atoms with Gasteiger partial charge in [0.1, 0.15) is 11.5 Å². The molecule has 2 heteroatoms. The van der Waals surface area contributed by atoms with Crippen LogP contribution in [-0.4, -0.2) is 14.2 Å². The zero-order valence-electron chi connectivity index (χ0n) is 14.0. The van der Waals surface area contributed by atoms with Crippen LogP contribution in [0, 0.1) is 23.7 Å². The molecular formula is C22H20O2. The summed E-state index contributed by atoms with van der Waals surface area (Å²) in [7, 11) is 3.37. The third-order valence-corrected chi connectivity index (χ3v) is 5.24. The molecule has 24 heavy (non-hydrogen) atoms. The Balaban J connectivity index is 1.68. The SMILES string of the molecule is COc1ccc(C#CC2(c3ccc(OC)cc3)C3C=CCC32)cc1. The number of hydrogen-bond acceptors (Lipinski definition) is 2. The summed E-state index contributed by atoms with van der Waals surface area (Å²) in [6.07, 6.45) is 5.73. The zero-order valence-corrected chi connectivity index (χ0v) is 14.0. The maximum atomic E-state index is 5.29. The predicted octanol–water partition coefficient (Wildman–Crippen LogP) is 4.20. The van der Waals surface area contributed by atoms with Gasteiger partial charge in [-0.15, -0.1) is 0 Å². The van der Waals surface area contributed by atoms with E-state index in [1.165, 1.54) is 5.56 Å². The summed E-state index contributed by atoms with van der Waals surface area (Å²) >= 11 is 0. The van der Waals surface area contributed by atoms with E-state index in [4.69, 9.17) is 9.47 Å². The van der Waals surface area contributed by atoms with Gasteiger partial charge in [0.25, 0.3) is 0 Å². The molecule has 0 heterocycles. The second-order valence-electron chi connectivity index (χ2n) is 6.37. The van der Waals surface area contributed by atoms with Crippen molar-refractivity contribution in [3.63, 3.8) is 0 Å². The monoisotopic (exact) mass is 316 g/mol. The number of allylic oxidation sites excluding steroid dienone is 2. The fraction of sp³-hybridized carbons (Fsp3) is 0.273. The standard InChI is InChI=1S/C22H20O2/c1-23-18-10-6-16(7-11-18)14-15-22(20-4-3-5-21(20)22)17-8-12-19(24-2)13-9-17/h3-4,6-13,20-21H,5H2,1-2H3. The second-order valence-corrected chi connectivity index (χ2v) is 6.37. The summed E-state index contributed by atoms with van der Waals surface area (Å²) in [5.41, 5.74) is 2.28. The van der Waals surface area contributed by atoms with Gasteiger partial charge < -0.3 is 9.47 Å². The molecule has 1 saturated carbocycles. The molecular weight excluding hydrogens is 296 g/mol. The predicted molar refractivity (Wildman–Crippen MR) is 95.3 cm³/mol. The van der Waals surface area contributed by atoms with Gasteiger partial charge in [0, 0.05) is 11.5 Å². The van der Waals surface area contributed by atoms with Crippen LogP contribution in [0.4, 0.5) is 0 Å². The van der Waals surface area contributed by atoms with Gasteiger partial charge in [0.2, 0.25) is 0 Å². The molecule has 120 valence electrons. The fourth-order valence-electron chi connectivity index (χ4n) is 3.85. The van der Waals surface area contributed by atoms with Crippen LogP contribution in [0.1, 0.15) is 17.5 Å². The van der Waals surface area contributed by atoms with Gasteiger partial charge in [0.15, 0.2) is 0 Å². The molecule has 2 nitrogen and oxygen atoms in total. The lowest BCUT2D eigenvalue weighted by Crippen LogP contribution is -2.10. The average Bonchev–Trinajstić information content (AvgIpc) is 2.99. The molecule has 0 bridgehead atoms. The lowest BCUT2D eigenvalue weighted by Gasteiger charge is -2.14. The number of hydrogen-bond donors (Lipinski definition) is 0. The first-order chi connectivity index (χ1) is 11.8. The topological polar surface area (TPSA) is 18.5 Å². The Morgan fingerprint density at radius 1 is 0.917 bits per heavy atom. The number of ether oxygens (including phenoxy) is 2. The Bertz CT molecular complexity index is 821. The molecule has 0 spiro atoms. The van der Waals surface area contributed by atoms with E-state index >= 15 is 0 Å². The van der Waals surface area contributed by atoms with Gasteiger partial charge >= 0.3 is 0 Å². The summed E-state index contributed by atoms with van der Waals surface area (Å²) in [5.74, 6) is 9.87. The summed E-state index contributed by atoms with van der Waals surface area (Å²) in [5, 5.41) is 0. The number of rotatable bonds is 3. The minimum absolute atomic E-state index is 0.0407. The van der Waals surface area contributed by atoms with Crippen LogP contribution >= 0.6 is 0 Å². The largest absolute Gasteiger partial charge is 0.497 e. The minimum atomic E-state index is -0.0407. The third-order valence-electron chi connectivity index (χ3n) is 5.24. The van der Waals surface area contributed by atoms with E-state index in [1.807, 2.05) is 36.4 Å². The molecule has 1 fully saturated rings. The smallest absolute Gasteiger partial charge is 0.118 e. The van der Waals surface area contributed by atoms with Gasteiger partial charge in [-0.05, 0) is 54.3 Å². The van der Waals surface area contributed by atoms with Crippen LogP contribution < -0.4 is 9.47 Å². The van der Waals surface area contributed by atoms with Gasteiger partial charge in [-0.2, -0.15) is 0 Å². The minimum Gasteiger partial charge on any atom is -0.497 e. The normalized spacial score (nSPS) is 26.2. The zero-order chi connectivity index (χ0) is 16.6. The molecule has 4 rings (SSSR count). The van der Waals surface area contributed by atoms with Crippen LogP contribution in [0.3, 0.4) is 0 Å². The van der Waals surface area contributed by atoms with Crippen LogP contribution in [0.2, 0.25) is 0 Å². The van der Waals surface area contributed by atoms with E-state index < -0.39 is 0 Å². The average molecular weight is 316 g/mol. The number of benzene rings is 2. The lowest BCUT2D eigenvalue weighted by atomic mass is 9.89. The highest BCUT2D eigenvalue weighted by Crippen LogP contribution is 2.65. The quantitative estimate of drug-likeness (QED) is 0.624. The van der Waals surface area contributed by atoms with Gasteiger partial charge in [-0.3, -0.25) is 0 Å². The Labute approximate surface area is 143 Å². The molecule has 3 atom stereocenters. The van der Waals surface area contributed by atoms with Gasteiger partial charge in [0.05, 0.1) is 19.6 Å². The summed E-state index contributed by atoms with van der Waals surface area (Å²) < 4.78 is 10.5. The maximum Gasteiger partial charge on any atom is 0.118 e. The van der Waals surface area contributed by atoms with Crippen molar-refractivity contribution in [1.29, 1.82) is 0 Å². The first kappa shape index (κ1) is 14.9. The third kappa shape index (κ3) is 2.29. The van der Waals surface area contributed by atoms with Crippen LogP contribution in [0.25, 0.3) is 0 Å². The first-order valence-corrected chi connectivity index (χ1v) is 8.26. The van der Waals surface area contributed by atoms with Crippen LogP contribution in [-0.2, 0) is 5.41 Å². The van der Waals surface area contributed by atoms with Crippen molar-refractivity contribution >= 4 is 0 Å². The van der Waals surface area contributed by atoms with E-state index in [-0.39, 0.29) is 5.41 Å². The molecule has 0 amide bonds. The van der Waals surface area contributed by atoms with E-state index in [2.05, 4.69) is 36.1 Å². The van der Waals surface area contributed by atoms with Crippen molar-refractivity contribution in [2.24, 2.45) is 11.8 Å². The van der Waals surface area contributed by atoms with Crippen molar-refractivity contribution in [2.75, 3.05) is 14.2 Å². The highest BCUT2D eigenvalue weighted by Gasteiger charge is 2.64. The molecule has 0 saturated heterocycles. The molecule has 2 aromatic rings. The van der Waals surface area contributed by atoms with E-state index in [9.17, 15) is 0 Å². The molecule has 3 unspecified atom stereocenters. The highest BCUT2D eigenvalue weighted by molar-refractivity contribution is 5.54. The highest BCUT2D eigenvalue weighted by atomic mass is 16.5. The summed E-state index contributed by atoms with van der Waals surface area (Å²) in [6, 6.07) is 16.3. The molecule has 2 aliphatic carbocycles. The van der Waals surface area contributed by atoms with Crippen molar-refractivity contribution in [2.45, 2.75) is 11.8 Å². The molecule has 2 aromatic carbocycles. The molecule has 0 radical (unpaired) electrons. The van der Waals surface area contributed by atoms with Crippen LogP contribution in [0.15, 0.2) is 60.7 Å². The second kappa shape index (κ2) is 5.76. The Hall–Kier alpha value is -2.66.